The molecule has 0 saturated carbocycles. The van der Waals surface area contributed by atoms with E-state index in [0.29, 0.717) is 5.56 Å². The zero-order valence-corrected chi connectivity index (χ0v) is 13.8. The first-order valence-corrected chi connectivity index (χ1v) is 8.18. The van der Waals surface area contributed by atoms with Crippen LogP contribution in [0.3, 0.4) is 0 Å². The lowest BCUT2D eigenvalue weighted by molar-refractivity contribution is 0.0937. The van der Waals surface area contributed by atoms with Crippen molar-refractivity contribution in [3.63, 3.8) is 0 Å². The lowest BCUT2D eigenvalue weighted by atomic mass is 10.2. The van der Waals surface area contributed by atoms with E-state index in [1.165, 1.54) is 5.56 Å². The van der Waals surface area contributed by atoms with Crippen molar-refractivity contribution >= 4 is 21.8 Å². The SMILES string of the molecule is O=C(N[C@H]1CCN(Cc2ccccc2)C1)c1cncc(Br)c1. The maximum Gasteiger partial charge on any atom is 0.253 e. The average Bonchev–Trinajstić information content (AvgIpc) is 2.95. The zero-order valence-electron chi connectivity index (χ0n) is 12.2. The van der Waals surface area contributed by atoms with Gasteiger partial charge in [0.1, 0.15) is 0 Å². The molecule has 1 aliphatic rings. The third-order valence-electron chi connectivity index (χ3n) is 3.82. The van der Waals surface area contributed by atoms with Crippen LogP contribution in [0.2, 0.25) is 0 Å². The van der Waals surface area contributed by atoms with Gasteiger partial charge in [-0.15, -0.1) is 0 Å². The maximum atomic E-state index is 12.2. The number of nitrogens with zero attached hydrogens (tertiary/aromatic N) is 2. The Balaban J connectivity index is 1.54. The molecule has 0 bridgehead atoms. The maximum absolute atomic E-state index is 12.2. The van der Waals surface area contributed by atoms with Crippen LogP contribution >= 0.6 is 15.9 Å². The minimum Gasteiger partial charge on any atom is -0.348 e. The molecule has 2 heterocycles. The molecular weight excluding hydrogens is 342 g/mol. The van der Waals surface area contributed by atoms with Crippen molar-refractivity contribution in [1.29, 1.82) is 0 Å². The third kappa shape index (κ3) is 3.93. The van der Waals surface area contributed by atoms with Crippen LogP contribution in [-0.4, -0.2) is 34.9 Å². The number of hydrogen-bond acceptors (Lipinski definition) is 3. The predicted octanol–water partition coefficient (Wildman–Crippen LogP) is 2.85. The van der Waals surface area contributed by atoms with Gasteiger partial charge in [0.15, 0.2) is 0 Å². The van der Waals surface area contributed by atoms with E-state index in [9.17, 15) is 4.79 Å². The summed E-state index contributed by atoms with van der Waals surface area (Å²) in [6.45, 7) is 2.84. The highest BCUT2D eigenvalue weighted by Crippen LogP contribution is 2.15. The topological polar surface area (TPSA) is 45.2 Å². The van der Waals surface area contributed by atoms with Gasteiger partial charge in [-0.1, -0.05) is 30.3 Å². The first-order valence-electron chi connectivity index (χ1n) is 7.38. The fourth-order valence-corrected chi connectivity index (χ4v) is 3.11. The van der Waals surface area contributed by atoms with E-state index in [2.05, 4.69) is 55.4 Å². The second-order valence-electron chi connectivity index (χ2n) is 5.57. The van der Waals surface area contributed by atoms with Gasteiger partial charge in [-0.25, -0.2) is 0 Å². The number of rotatable bonds is 4. The number of benzene rings is 1. The Morgan fingerprint density at radius 2 is 2.14 bits per heavy atom. The summed E-state index contributed by atoms with van der Waals surface area (Å²) in [5.74, 6) is -0.0552. The quantitative estimate of drug-likeness (QED) is 0.912. The molecular formula is C17H18BrN3O. The summed E-state index contributed by atoms with van der Waals surface area (Å²) < 4.78 is 0.817. The van der Waals surface area contributed by atoms with Crippen LogP contribution in [0.15, 0.2) is 53.3 Å². The largest absolute Gasteiger partial charge is 0.348 e. The molecule has 1 saturated heterocycles. The number of hydrogen-bond donors (Lipinski definition) is 1. The fourth-order valence-electron chi connectivity index (χ4n) is 2.74. The standard InChI is InChI=1S/C17H18BrN3O/c18-15-8-14(9-19-10-15)17(22)20-16-6-7-21(12-16)11-13-4-2-1-3-5-13/h1-5,8-10,16H,6-7,11-12H2,(H,20,22)/t16-/m0/s1. The summed E-state index contributed by atoms with van der Waals surface area (Å²) in [4.78, 5) is 18.6. The van der Waals surface area contributed by atoms with Crippen molar-refractivity contribution < 1.29 is 4.79 Å². The van der Waals surface area contributed by atoms with Crippen LogP contribution in [0.4, 0.5) is 0 Å². The molecule has 4 nitrogen and oxygen atoms in total. The fraction of sp³-hybridized carbons (Fsp3) is 0.294. The molecule has 1 atom stereocenters. The van der Waals surface area contributed by atoms with Gasteiger partial charge in [-0.3, -0.25) is 14.7 Å². The Labute approximate surface area is 138 Å². The Morgan fingerprint density at radius 1 is 1.32 bits per heavy atom. The molecule has 1 N–H and O–H groups in total. The van der Waals surface area contributed by atoms with Gasteiger partial charge in [-0.2, -0.15) is 0 Å². The number of nitrogens with one attached hydrogen (secondary N) is 1. The molecule has 1 aromatic carbocycles. The minimum atomic E-state index is -0.0552. The number of pyridine rings is 1. The van der Waals surface area contributed by atoms with Crippen molar-refractivity contribution in [2.75, 3.05) is 13.1 Å². The normalized spacial score (nSPS) is 18.3. The molecule has 0 aliphatic carbocycles. The summed E-state index contributed by atoms with van der Waals surface area (Å²) in [7, 11) is 0. The number of likely N-dealkylation sites (tertiary alicyclic amines) is 1. The highest BCUT2D eigenvalue weighted by atomic mass is 79.9. The van der Waals surface area contributed by atoms with Gasteiger partial charge in [0.25, 0.3) is 5.91 Å². The van der Waals surface area contributed by atoms with E-state index in [1.807, 2.05) is 6.07 Å². The molecule has 2 aromatic rings. The van der Waals surface area contributed by atoms with Gasteiger partial charge >= 0.3 is 0 Å². The van der Waals surface area contributed by atoms with Crippen molar-refractivity contribution in [1.82, 2.24) is 15.2 Å². The second kappa shape index (κ2) is 7.03. The summed E-state index contributed by atoms with van der Waals surface area (Å²) >= 11 is 3.34. The lowest BCUT2D eigenvalue weighted by Crippen LogP contribution is -2.37. The van der Waals surface area contributed by atoms with Crippen molar-refractivity contribution in [3.8, 4) is 0 Å². The van der Waals surface area contributed by atoms with Gasteiger partial charge < -0.3 is 5.32 Å². The molecule has 114 valence electrons. The predicted molar refractivity (Wildman–Crippen MR) is 89.5 cm³/mol. The number of carbonyl (C=O) groups is 1. The Kier molecular flexibility index (Phi) is 4.85. The highest BCUT2D eigenvalue weighted by molar-refractivity contribution is 9.10. The first kappa shape index (κ1) is 15.2. The van der Waals surface area contributed by atoms with Crippen LogP contribution < -0.4 is 5.32 Å². The van der Waals surface area contributed by atoms with Crippen LogP contribution in [0.5, 0.6) is 0 Å². The van der Waals surface area contributed by atoms with Crippen LogP contribution in [-0.2, 0) is 6.54 Å². The van der Waals surface area contributed by atoms with Crippen molar-refractivity contribution in [3.05, 3.63) is 64.4 Å². The number of carbonyl (C=O) groups excluding carboxylic acids is 1. The first-order chi connectivity index (χ1) is 10.7. The Bertz CT molecular complexity index is 647. The summed E-state index contributed by atoms with van der Waals surface area (Å²) in [6.07, 6.45) is 4.25. The summed E-state index contributed by atoms with van der Waals surface area (Å²) in [5, 5.41) is 3.10. The molecule has 1 aliphatic heterocycles. The van der Waals surface area contributed by atoms with Gasteiger partial charge in [0, 0.05) is 42.5 Å². The summed E-state index contributed by atoms with van der Waals surface area (Å²) in [6, 6.07) is 12.4. The van der Waals surface area contributed by atoms with E-state index < -0.39 is 0 Å². The van der Waals surface area contributed by atoms with Gasteiger partial charge in [-0.05, 0) is 34.0 Å². The zero-order chi connectivity index (χ0) is 15.4. The molecule has 0 radical (unpaired) electrons. The van der Waals surface area contributed by atoms with E-state index in [-0.39, 0.29) is 11.9 Å². The van der Waals surface area contributed by atoms with E-state index in [4.69, 9.17) is 0 Å². The van der Waals surface area contributed by atoms with Gasteiger partial charge in [0.2, 0.25) is 0 Å². The third-order valence-corrected chi connectivity index (χ3v) is 4.26. The van der Waals surface area contributed by atoms with Crippen LogP contribution in [0, 0.1) is 0 Å². The molecule has 0 spiro atoms. The highest BCUT2D eigenvalue weighted by Gasteiger charge is 2.24. The van der Waals surface area contributed by atoms with Gasteiger partial charge in [0.05, 0.1) is 5.56 Å². The number of amides is 1. The van der Waals surface area contributed by atoms with Crippen LogP contribution in [0.1, 0.15) is 22.3 Å². The second-order valence-corrected chi connectivity index (χ2v) is 6.49. The van der Waals surface area contributed by atoms with Crippen molar-refractivity contribution in [2.24, 2.45) is 0 Å². The van der Waals surface area contributed by atoms with Crippen LogP contribution in [0.25, 0.3) is 0 Å². The molecule has 1 amide bonds. The molecule has 22 heavy (non-hydrogen) atoms. The Morgan fingerprint density at radius 3 is 2.91 bits per heavy atom. The molecule has 3 rings (SSSR count). The molecule has 0 unspecified atom stereocenters. The number of aromatic nitrogens is 1. The van der Waals surface area contributed by atoms with Crippen molar-refractivity contribution in [2.45, 2.75) is 19.0 Å². The van der Waals surface area contributed by atoms with E-state index >= 15 is 0 Å². The molecule has 1 fully saturated rings. The van der Waals surface area contributed by atoms with E-state index in [0.717, 1.165) is 30.5 Å². The molecule has 1 aromatic heterocycles. The van der Waals surface area contributed by atoms with E-state index in [1.54, 1.807) is 18.5 Å². The molecule has 5 heteroatoms. The lowest BCUT2D eigenvalue weighted by Gasteiger charge is -2.16. The summed E-state index contributed by atoms with van der Waals surface area (Å²) in [5.41, 5.74) is 1.90. The Hall–Kier alpha value is -1.72. The number of halogens is 1. The smallest absolute Gasteiger partial charge is 0.253 e. The monoisotopic (exact) mass is 359 g/mol. The minimum absolute atomic E-state index is 0.0552. The average molecular weight is 360 g/mol.